The highest BCUT2D eigenvalue weighted by Crippen LogP contribution is 2.36. The van der Waals surface area contributed by atoms with Gasteiger partial charge in [-0.15, -0.1) is 0 Å². The zero-order valence-electron chi connectivity index (χ0n) is 17.9. The Morgan fingerprint density at radius 3 is 2.67 bits per heavy atom. The summed E-state index contributed by atoms with van der Waals surface area (Å²) in [5.41, 5.74) is 3.83. The molecule has 30 heavy (non-hydrogen) atoms. The predicted molar refractivity (Wildman–Crippen MR) is 112 cm³/mol. The largest absolute Gasteiger partial charge is 0.456 e. The number of nitrogens with one attached hydrogen (secondary N) is 1. The van der Waals surface area contributed by atoms with Crippen molar-refractivity contribution in [1.82, 2.24) is 15.1 Å². The summed E-state index contributed by atoms with van der Waals surface area (Å²) in [4.78, 5) is 41.6. The molecule has 4 rings (SSSR count). The van der Waals surface area contributed by atoms with Gasteiger partial charge in [-0.1, -0.05) is 43.0 Å². The number of ether oxygens (including phenoxy) is 1. The average molecular weight is 412 g/mol. The first-order valence-electron chi connectivity index (χ1n) is 10.7. The van der Waals surface area contributed by atoms with E-state index >= 15 is 0 Å². The maximum absolute atomic E-state index is 13.0. The molecule has 1 saturated carbocycles. The van der Waals surface area contributed by atoms with Gasteiger partial charge < -0.3 is 15.0 Å². The van der Waals surface area contributed by atoms with E-state index in [1.54, 1.807) is 4.90 Å². The van der Waals surface area contributed by atoms with Gasteiger partial charge in [0.15, 0.2) is 0 Å². The minimum atomic E-state index is -0.565. The van der Waals surface area contributed by atoms with Crippen molar-refractivity contribution in [2.75, 3.05) is 20.2 Å². The minimum Gasteiger partial charge on any atom is -0.456 e. The second-order valence-electron chi connectivity index (χ2n) is 8.56. The SMILES string of the molecule is Cc1ccc(C)c(C2NC(=O)N(CC(=O)N(C)C3CCCCC3)C3=C2C(=O)OC3)c1. The van der Waals surface area contributed by atoms with Gasteiger partial charge in [0.2, 0.25) is 5.91 Å². The van der Waals surface area contributed by atoms with Gasteiger partial charge in [0.1, 0.15) is 13.2 Å². The predicted octanol–water partition coefficient (Wildman–Crippen LogP) is 2.97. The first-order valence-corrected chi connectivity index (χ1v) is 10.7. The van der Waals surface area contributed by atoms with Crippen LogP contribution >= 0.6 is 0 Å². The lowest BCUT2D eigenvalue weighted by Gasteiger charge is -2.36. The Morgan fingerprint density at radius 2 is 1.93 bits per heavy atom. The Hall–Kier alpha value is -2.83. The monoisotopic (exact) mass is 411 g/mol. The molecule has 1 aliphatic carbocycles. The number of rotatable bonds is 4. The van der Waals surface area contributed by atoms with E-state index in [9.17, 15) is 14.4 Å². The lowest BCUT2D eigenvalue weighted by molar-refractivity contribution is -0.136. The molecule has 0 radical (unpaired) electrons. The number of amides is 3. The number of carbonyl (C=O) groups excluding carboxylic acids is 3. The molecule has 1 aromatic rings. The van der Waals surface area contributed by atoms with Crippen molar-refractivity contribution in [2.45, 2.75) is 58.0 Å². The summed E-state index contributed by atoms with van der Waals surface area (Å²) in [5, 5.41) is 2.93. The number of esters is 1. The van der Waals surface area contributed by atoms with Crippen molar-refractivity contribution in [3.05, 3.63) is 46.2 Å². The second-order valence-corrected chi connectivity index (χ2v) is 8.56. The van der Waals surface area contributed by atoms with Crippen molar-refractivity contribution < 1.29 is 19.1 Å². The third kappa shape index (κ3) is 3.68. The van der Waals surface area contributed by atoms with Crippen LogP contribution in [0.15, 0.2) is 29.5 Å². The molecule has 1 unspecified atom stereocenters. The number of hydrogen-bond donors (Lipinski definition) is 1. The zero-order valence-corrected chi connectivity index (χ0v) is 17.9. The summed E-state index contributed by atoms with van der Waals surface area (Å²) in [6.45, 7) is 3.86. The van der Waals surface area contributed by atoms with Gasteiger partial charge in [-0.05, 0) is 37.8 Å². The third-order valence-electron chi connectivity index (χ3n) is 6.55. The molecule has 7 heteroatoms. The second kappa shape index (κ2) is 8.13. The Labute approximate surface area is 177 Å². The average Bonchev–Trinajstić information content (AvgIpc) is 3.13. The molecule has 1 aromatic carbocycles. The van der Waals surface area contributed by atoms with Crippen LogP contribution in [0.5, 0.6) is 0 Å². The molecule has 7 nitrogen and oxygen atoms in total. The molecule has 0 aromatic heterocycles. The van der Waals surface area contributed by atoms with Crippen LogP contribution in [-0.4, -0.2) is 53.9 Å². The number of benzene rings is 1. The van der Waals surface area contributed by atoms with Gasteiger partial charge in [-0.2, -0.15) is 0 Å². The summed E-state index contributed by atoms with van der Waals surface area (Å²) in [7, 11) is 1.81. The first-order chi connectivity index (χ1) is 14.4. The minimum absolute atomic E-state index is 0.0172. The summed E-state index contributed by atoms with van der Waals surface area (Å²) >= 11 is 0. The molecule has 1 atom stereocenters. The summed E-state index contributed by atoms with van der Waals surface area (Å²) in [6.07, 6.45) is 5.46. The molecule has 1 fully saturated rings. The maximum Gasteiger partial charge on any atom is 0.338 e. The highest BCUT2D eigenvalue weighted by Gasteiger charge is 2.43. The van der Waals surface area contributed by atoms with Crippen molar-refractivity contribution in [1.29, 1.82) is 0 Å². The van der Waals surface area contributed by atoms with Crippen LogP contribution in [0.4, 0.5) is 4.79 Å². The summed E-state index contributed by atoms with van der Waals surface area (Å²) in [6, 6.07) is 5.24. The smallest absolute Gasteiger partial charge is 0.338 e. The van der Waals surface area contributed by atoms with E-state index in [-0.39, 0.29) is 31.1 Å². The fourth-order valence-corrected chi connectivity index (χ4v) is 4.70. The van der Waals surface area contributed by atoms with Crippen LogP contribution in [0.3, 0.4) is 0 Å². The standard InChI is InChI=1S/C23H29N3O4/c1-14-9-10-15(2)17(11-14)21-20-18(13-30-22(20)28)26(23(29)24-21)12-19(27)25(3)16-7-5-4-6-8-16/h9-11,16,21H,4-8,12-13H2,1-3H3,(H,24,29). The normalized spacial score (nSPS) is 22.0. The van der Waals surface area contributed by atoms with Gasteiger partial charge in [0.05, 0.1) is 17.3 Å². The topological polar surface area (TPSA) is 79.0 Å². The van der Waals surface area contributed by atoms with Crippen molar-refractivity contribution in [3.8, 4) is 0 Å². The lowest BCUT2D eigenvalue weighted by Crippen LogP contribution is -2.52. The molecule has 1 N–H and O–H groups in total. The van der Waals surface area contributed by atoms with E-state index in [0.29, 0.717) is 11.3 Å². The van der Waals surface area contributed by atoms with Gasteiger partial charge in [-0.25, -0.2) is 9.59 Å². The molecule has 2 heterocycles. The fraction of sp³-hybridized carbons (Fsp3) is 0.522. The fourth-order valence-electron chi connectivity index (χ4n) is 4.70. The van der Waals surface area contributed by atoms with Crippen LogP contribution in [0.2, 0.25) is 0 Å². The van der Waals surface area contributed by atoms with E-state index in [4.69, 9.17) is 4.74 Å². The molecular formula is C23H29N3O4. The molecular weight excluding hydrogens is 382 g/mol. The van der Waals surface area contributed by atoms with E-state index in [1.165, 1.54) is 11.3 Å². The van der Waals surface area contributed by atoms with E-state index < -0.39 is 12.0 Å². The van der Waals surface area contributed by atoms with Crippen LogP contribution < -0.4 is 5.32 Å². The maximum atomic E-state index is 13.0. The Bertz CT molecular complexity index is 917. The molecule has 2 aliphatic heterocycles. The number of likely N-dealkylation sites (N-methyl/N-ethyl adjacent to an activating group) is 1. The lowest BCUT2D eigenvalue weighted by atomic mass is 9.91. The van der Waals surface area contributed by atoms with Gasteiger partial charge in [0.25, 0.3) is 0 Å². The number of aryl methyl sites for hydroxylation is 2. The van der Waals surface area contributed by atoms with Gasteiger partial charge in [0, 0.05) is 13.1 Å². The van der Waals surface area contributed by atoms with Crippen LogP contribution in [-0.2, 0) is 14.3 Å². The van der Waals surface area contributed by atoms with Crippen molar-refractivity contribution in [2.24, 2.45) is 0 Å². The number of nitrogens with zero attached hydrogens (tertiary/aromatic N) is 2. The highest BCUT2D eigenvalue weighted by atomic mass is 16.5. The molecule has 0 bridgehead atoms. The summed E-state index contributed by atoms with van der Waals surface area (Å²) < 4.78 is 5.29. The Kier molecular flexibility index (Phi) is 5.54. The summed E-state index contributed by atoms with van der Waals surface area (Å²) in [5.74, 6) is -0.553. The molecule has 160 valence electrons. The number of hydrogen-bond acceptors (Lipinski definition) is 4. The molecule has 0 saturated heterocycles. The van der Waals surface area contributed by atoms with Crippen LogP contribution in [0.1, 0.15) is 54.8 Å². The Morgan fingerprint density at radius 1 is 1.20 bits per heavy atom. The van der Waals surface area contributed by atoms with Gasteiger partial charge in [-0.3, -0.25) is 9.69 Å². The van der Waals surface area contributed by atoms with Crippen LogP contribution in [0.25, 0.3) is 0 Å². The van der Waals surface area contributed by atoms with Crippen LogP contribution in [0, 0.1) is 13.8 Å². The molecule has 3 aliphatic rings. The van der Waals surface area contributed by atoms with E-state index in [1.807, 2.05) is 39.1 Å². The Balaban J connectivity index is 1.61. The molecule has 0 spiro atoms. The van der Waals surface area contributed by atoms with E-state index in [2.05, 4.69) is 5.32 Å². The van der Waals surface area contributed by atoms with E-state index in [0.717, 1.165) is 42.4 Å². The zero-order chi connectivity index (χ0) is 21.4. The third-order valence-corrected chi connectivity index (χ3v) is 6.55. The highest BCUT2D eigenvalue weighted by molar-refractivity contribution is 5.98. The number of carbonyl (C=O) groups is 3. The van der Waals surface area contributed by atoms with Crippen molar-refractivity contribution >= 4 is 17.9 Å². The number of cyclic esters (lactones) is 1. The number of urea groups is 1. The van der Waals surface area contributed by atoms with Gasteiger partial charge >= 0.3 is 12.0 Å². The first kappa shape index (κ1) is 20.4. The van der Waals surface area contributed by atoms with Crippen molar-refractivity contribution in [3.63, 3.8) is 0 Å². The molecule has 3 amide bonds. The quantitative estimate of drug-likeness (QED) is 0.773.